The van der Waals surface area contributed by atoms with Gasteiger partial charge in [0, 0.05) is 4.47 Å². The van der Waals surface area contributed by atoms with Gasteiger partial charge in [-0.1, -0.05) is 46.3 Å². The second-order valence-electron chi connectivity index (χ2n) is 4.33. The van der Waals surface area contributed by atoms with Gasteiger partial charge in [-0.15, -0.1) is 0 Å². The molecule has 0 aliphatic heterocycles. The summed E-state index contributed by atoms with van der Waals surface area (Å²) in [4.78, 5) is 0. The Morgan fingerprint density at radius 1 is 0.941 bits per heavy atom. The van der Waals surface area contributed by atoms with E-state index in [1.165, 1.54) is 16.7 Å². The predicted molar refractivity (Wildman–Crippen MR) is 76.1 cm³/mol. The molecule has 0 spiro atoms. The van der Waals surface area contributed by atoms with Crippen molar-refractivity contribution >= 4 is 15.9 Å². The summed E-state index contributed by atoms with van der Waals surface area (Å²) in [6, 6.07) is 14.4. The van der Waals surface area contributed by atoms with E-state index in [1.54, 1.807) is 0 Å². The summed E-state index contributed by atoms with van der Waals surface area (Å²) >= 11 is 3.44. The highest BCUT2D eigenvalue weighted by Gasteiger charge is 2.13. The molecule has 0 bridgehead atoms. The first kappa shape index (κ1) is 12.3. The van der Waals surface area contributed by atoms with E-state index < -0.39 is 0 Å². The third-order valence-corrected chi connectivity index (χ3v) is 3.61. The van der Waals surface area contributed by atoms with Gasteiger partial charge in [-0.05, 0) is 48.2 Å². The minimum Gasteiger partial charge on any atom is -0.320 e. The molecule has 1 nitrogen and oxygen atoms in total. The topological polar surface area (TPSA) is 26.0 Å². The van der Waals surface area contributed by atoms with Gasteiger partial charge in [0.2, 0.25) is 0 Å². The molecule has 88 valence electrons. The van der Waals surface area contributed by atoms with Crippen molar-refractivity contribution in [1.29, 1.82) is 0 Å². The lowest BCUT2D eigenvalue weighted by Crippen LogP contribution is -2.14. The van der Waals surface area contributed by atoms with Gasteiger partial charge in [0.15, 0.2) is 0 Å². The van der Waals surface area contributed by atoms with Crippen molar-refractivity contribution in [3.05, 3.63) is 69.2 Å². The highest BCUT2D eigenvalue weighted by atomic mass is 79.9. The van der Waals surface area contributed by atoms with Crippen molar-refractivity contribution in [2.45, 2.75) is 19.9 Å². The third kappa shape index (κ3) is 2.59. The first-order valence-electron chi connectivity index (χ1n) is 5.67. The molecule has 0 fully saturated rings. The van der Waals surface area contributed by atoms with Crippen LogP contribution in [0, 0.1) is 13.8 Å². The summed E-state index contributed by atoms with van der Waals surface area (Å²) in [5.41, 5.74) is 11.2. The van der Waals surface area contributed by atoms with E-state index in [2.05, 4.69) is 60.1 Å². The molecule has 0 aliphatic carbocycles. The zero-order chi connectivity index (χ0) is 12.4. The Balaban J connectivity index is 2.43. The highest BCUT2D eigenvalue weighted by Crippen LogP contribution is 2.26. The fourth-order valence-electron chi connectivity index (χ4n) is 2.15. The number of hydrogen-bond acceptors (Lipinski definition) is 1. The van der Waals surface area contributed by atoms with E-state index in [1.807, 2.05) is 12.1 Å². The van der Waals surface area contributed by atoms with E-state index >= 15 is 0 Å². The summed E-state index contributed by atoms with van der Waals surface area (Å²) in [5, 5.41) is 0. The Morgan fingerprint density at radius 2 is 1.47 bits per heavy atom. The van der Waals surface area contributed by atoms with Gasteiger partial charge in [-0.3, -0.25) is 0 Å². The molecule has 0 aliphatic rings. The maximum absolute atomic E-state index is 6.35. The minimum atomic E-state index is -0.0516. The lowest BCUT2D eigenvalue weighted by Gasteiger charge is -2.18. The van der Waals surface area contributed by atoms with Crippen LogP contribution in [-0.4, -0.2) is 0 Å². The van der Waals surface area contributed by atoms with Crippen molar-refractivity contribution in [3.63, 3.8) is 0 Å². The van der Waals surface area contributed by atoms with Gasteiger partial charge in [-0.2, -0.15) is 0 Å². The summed E-state index contributed by atoms with van der Waals surface area (Å²) < 4.78 is 1.08. The monoisotopic (exact) mass is 289 g/mol. The number of aryl methyl sites for hydroxylation is 2. The van der Waals surface area contributed by atoms with E-state index in [-0.39, 0.29) is 6.04 Å². The molecule has 2 heteroatoms. The SMILES string of the molecule is Cc1cccc(C)c1C(N)c1ccc(Br)cc1. The number of benzene rings is 2. The molecule has 0 saturated heterocycles. The van der Waals surface area contributed by atoms with Crippen LogP contribution in [0.25, 0.3) is 0 Å². The predicted octanol–water partition coefficient (Wildman–Crippen LogP) is 4.11. The van der Waals surface area contributed by atoms with Gasteiger partial charge in [0.1, 0.15) is 0 Å². The van der Waals surface area contributed by atoms with Crippen LogP contribution < -0.4 is 5.73 Å². The van der Waals surface area contributed by atoms with Crippen LogP contribution in [0.5, 0.6) is 0 Å². The van der Waals surface area contributed by atoms with Crippen LogP contribution in [0.15, 0.2) is 46.9 Å². The molecule has 2 rings (SSSR count). The van der Waals surface area contributed by atoms with Crippen LogP contribution in [0.1, 0.15) is 28.3 Å². The maximum atomic E-state index is 6.35. The minimum absolute atomic E-state index is 0.0516. The van der Waals surface area contributed by atoms with Gasteiger partial charge >= 0.3 is 0 Å². The van der Waals surface area contributed by atoms with Crippen molar-refractivity contribution in [1.82, 2.24) is 0 Å². The summed E-state index contributed by atoms with van der Waals surface area (Å²) in [6.45, 7) is 4.22. The first-order valence-corrected chi connectivity index (χ1v) is 6.46. The van der Waals surface area contributed by atoms with Crippen LogP contribution >= 0.6 is 15.9 Å². The quantitative estimate of drug-likeness (QED) is 0.884. The Hall–Kier alpha value is -1.12. The van der Waals surface area contributed by atoms with Crippen LogP contribution in [0.2, 0.25) is 0 Å². The lowest BCUT2D eigenvalue weighted by molar-refractivity contribution is 0.851. The van der Waals surface area contributed by atoms with Crippen molar-refractivity contribution in [3.8, 4) is 0 Å². The average Bonchev–Trinajstić information content (AvgIpc) is 2.29. The molecule has 0 aromatic heterocycles. The molecule has 1 unspecified atom stereocenters. The molecule has 17 heavy (non-hydrogen) atoms. The van der Waals surface area contributed by atoms with E-state index in [0.29, 0.717) is 0 Å². The smallest absolute Gasteiger partial charge is 0.0556 e. The lowest BCUT2D eigenvalue weighted by atomic mass is 9.92. The molecule has 2 aromatic carbocycles. The standard InChI is InChI=1S/C15H16BrN/c1-10-4-3-5-11(2)14(10)15(17)12-6-8-13(16)9-7-12/h3-9,15H,17H2,1-2H3. The molecule has 1 atom stereocenters. The molecule has 0 saturated carbocycles. The Kier molecular flexibility index (Phi) is 3.65. The maximum Gasteiger partial charge on any atom is 0.0556 e. The summed E-state index contributed by atoms with van der Waals surface area (Å²) in [5.74, 6) is 0. The van der Waals surface area contributed by atoms with Crippen LogP contribution in [0.4, 0.5) is 0 Å². The van der Waals surface area contributed by atoms with Crippen molar-refractivity contribution < 1.29 is 0 Å². The van der Waals surface area contributed by atoms with Crippen LogP contribution in [-0.2, 0) is 0 Å². The van der Waals surface area contributed by atoms with Gasteiger partial charge in [0.25, 0.3) is 0 Å². The Labute approximate surface area is 111 Å². The van der Waals surface area contributed by atoms with Crippen molar-refractivity contribution in [2.24, 2.45) is 5.73 Å². The van der Waals surface area contributed by atoms with Gasteiger partial charge in [-0.25, -0.2) is 0 Å². The van der Waals surface area contributed by atoms with E-state index in [0.717, 1.165) is 10.0 Å². The van der Waals surface area contributed by atoms with Crippen molar-refractivity contribution in [2.75, 3.05) is 0 Å². The van der Waals surface area contributed by atoms with Crippen LogP contribution in [0.3, 0.4) is 0 Å². The fraction of sp³-hybridized carbons (Fsp3) is 0.200. The molecule has 0 heterocycles. The normalized spacial score (nSPS) is 12.5. The number of rotatable bonds is 2. The average molecular weight is 290 g/mol. The molecule has 2 aromatic rings. The largest absolute Gasteiger partial charge is 0.320 e. The Morgan fingerprint density at radius 3 is 2.00 bits per heavy atom. The number of halogens is 1. The second-order valence-corrected chi connectivity index (χ2v) is 5.25. The van der Waals surface area contributed by atoms with Gasteiger partial charge < -0.3 is 5.73 Å². The Bertz CT molecular complexity index is 497. The molecule has 0 amide bonds. The summed E-state index contributed by atoms with van der Waals surface area (Å²) in [6.07, 6.45) is 0. The third-order valence-electron chi connectivity index (χ3n) is 3.08. The van der Waals surface area contributed by atoms with E-state index in [9.17, 15) is 0 Å². The fourth-order valence-corrected chi connectivity index (χ4v) is 2.42. The first-order chi connectivity index (χ1) is 8.09. The molecule has 2 N–H and O–H groups in total. The zero-order valence-corrected chi connectivity index (χ0v) is 11.7. The molecular formula is C15H16BrN. The second kappa shape index (κ2) is 5.03. The zero-order valence-electron chi connectivity index (χ0n) is 10.1. The van der Waals surface area contributed by atoms with E-state index in [4.69, 9.17) is 5.73 Å². The molecule has 0 radical (unpaired) electrons. The van der Waals surface area contributed by atoms with Gasteiger partial charge in [0.05, 0.1) is 6.04 Å². The number of nitrogens with two attached hydrogens (primary N) is 1. The molecular weight excluding hydrogens is 274 g/mol. The highest BCUT2D eigenvalue weighted by molar-refractivity contribution is 9.10. The summed E-state index contributed by atoms with van der Waals surface area (Å²) in [7, 11) is 0. The number of hydrogen-bond donors (Lipinski definition) is 1.